The highest BCUT2D eigenvalue weighted by Crippen LogP contribution is 2.68. The minimum Gasteiger partial charge on any atom is -0.633 e. The molecule has 1 spiro atoms. The van der Waals surface area contributed by atoms with Crippen LogP contribution >= 0.6 is 27.5 Å². The van der Waals surface area contributed by atoms with Crippen LogP contribution in [-0.2, 0) is 14.9 Å². The summed E-state index contributed by atoms with van der Waals surface area (Å²) in [7, 11) is 1.38. The van der Waals surface area contributed by atoms with Gasteiger partial charge in [-0.3, -0.25) is 4.99 Å². The molecule has 1 aromatic carbocycles. The zero-order chi connectivity index (χ0) is 19.9. The van der Waals surface area contributed by atoms with Gasteiger partial charge in [0.1, 0.15) is 11.5 Å². The first kappa shape index (κ1) is 19.0. The number of para-hydroxylation sites is 1. The average Bonchev–Trinajstić information content (AvgIpc) is 3.15. The fraction of sp³-hybridized carbons (Fsp3) is 0.619. The number of nitrogens with zero attached hydrogens (tertiary/aromatic N) is 2. The summed E-state index contributed by atoms with van der Waals surface area (Å²) in [4.78, 5) is 16.5. The molecule has 150 valence electrons. The molecule has 7 heteroatoms. The van der Waals surface area contributed by atoms with Crippen molar-refractivity contribution in [3.8, 4) is 0 Å². The smallest absolute Gasteiger partial charge is 0.332 e. The summed E-state index contributed by atoms with van der Waals surface area (Å²) >= 11 is 11.1. The Morgan fingerprint density at radius 2 is 2.21 bits per heavy atom. The van der Waals surface area contributed by atoms with Crippen LogP contribution in [-0.4, -0.2) is 52.3 Å². The monoisotopic (exact) mass is 466 g/mol. The van der Waals surface area contributed by atoms with E-state index in [1.54, 1.807) is 0 Å². The molecule has 1 aromatic rings. The first-order valence-corrected chi connectivity index (χ1v) is 11.3. The number of esters is 1. The normalized spacial score (nSPS) is 45.7. The molecule has 28 heavy (non-hydrogen) atoms. The van der Waals surface area contributed by atoms with E-state index < -0.39 is 16.3 Å². The van der Waals surface area contributed by atoms with Crippen molar-refractivity contribution in [1.29, 1.82) is 0 Å². The molecule has 0 bridgehead atoms. The number of rotatable bonds is 2. The summed E-state index contributed by atoms with van der Waals surface area (Å²) in [5.41, 5.74) is 1.46. The Morgan fingerprint density at radius 3 is 2.93 bits per heavy atom. The zero-order valence-corrected chi connectivity index (χ0v) is 18.4. The van der Waals surface area contributed by atoms with Crippen molar-refractivity contribution in [2.75, 3.05) is 20.2 Å². The number of halogens is 2. The molecule has 0 aromatic heterocycles. The van der Waals surface area contributed by atoms with Gasteiger partial charge in [-0.25, -0.2) is 4.79 Å². The molecule has 0 radical (unpaired) electrons. The Labute approximate surface area is 178 Å². The number of aliphatic imine (C=N–C) groups is 1. The average molecular weight is 468 g/mol. The fourth-order valence-corrected chi connectivity index (χ4v) is 8.70. The molecule has 1 saturated carbocycles. The summed E-state index contributed by atoms with van der Waals surface area (Å²) in [6, 6.07) is 7.75. The van der Waals surface area contributed by atoms with Crippen LogP contribution in [0, 0.1) is 10.6 Å². The van der Waals surface area contributed by atoms with Gasteiger partial charge in [-0.05, 0) is 37.3 Å². The molecule has 1 unspecified atom stereocenters. The third kappa shape index (κ3) is 1.96. The summed E-state index contributed by atoms with van der Waals surface area (Å²) in [6.07, 6.45) is 2.97. The van der Waals surface area contributed by atoms with E-state index >= 15 is 0 Å². The van der Waals surface area contributed by atoms with Crippen molar-refractivity contribution in [3.63, 3.8) is 0 Å². The zero-order valence-electron chi connectivity index (χ0n) is 16.1. The van der Waals surface area contributed by atoms with Crippen LogP contribution in [0.25, 0.3) is 0 Å². The molecule has 3 heterocycles. The number of alkyl halides is 2. The lowest BCUT2D eigenvalue weighted by Crippen LogP contribution is -2.73. The number of fused-ring (bicyclic) bond motifs is 1. The van der Waals surface area contributed by atoms with Gasteiger partial charge < -0.3 is 14.6 Å². The van der Waals surface area contributed by atoms with Crippen LogP contribution in [0.3, 0.4) is 0 Å². The van der Waals surface area contributed by atoms with Crippen molar-refractivity contribution in [2.24, 2.45) is 10.4 Å². The van der Waals surface area contributed by atoms with Crippen molar-refractivity contribution >= 4 is 44.9 Å². The van der Waals surface area contributed by atoms with Crippen LogP contribution in [0.2, 0.25) is 0 Å². The van der Waals surface area contributed by atoms with Crippen molar-refractivity contribution in [2.45, 2.75) is 53.8 Å². The van der Waals surface area contributed by atoms with Crippen LogP contribution in [0.4, 0.5) is 5.69 Å². The minimum atomic E-state index is -1.35. The molecule has 2 saturated heterocycles. The highest BCUT2D eigenvalue weighted by atomic mass is 79.9. The molecule has 0 N–H and O–H groups in total. The van der Waals surface area contributed by atoms with Crippen LogP contribution in [0.5, 0.6) is 0 Å². The largest absolute Gasteiger partial charge is 0.633 e. The second kappa shape index (κ2) is 5.81. The van der Waals surface area contributed by atoms with Gasteiger partial charge in [-0.15, -0.1) is 0 Å². The maximum Gasteiger partial charge on any atom is 0.332 e. The number of ether oxygens (including phenoxy) is 1. The van der Waals surface area contributed by atoms with Crippen LogP contribution in [0.1, 0.15) is 38.2 Å². The van der Waals surface area contributed by atoms with E-state index in [4.69, 9.17) is 21.3 Å². The summed E-state index contributed by atoms with van der Waals surface area (Å²) < 4.78 is 4.95. The van der Waals surface area contributed by atoms with Crippen molar-refractivity contribution in [1.82, 2.24) is 0 Å². The number of piperidine rings is 1. The van der Waals surface area contributed by atoms with E-state index in [0.29, 0.717) is 25.2 Å². The van der Waals surface area contributed by atoms with Gasteiger partial charge >= 0.3 is 5.97 Å². The predicted molar refractivity (Wildman–Crippen MR) is 112 cm³/mol. The molecule has 3 fully saturated rings. The second-order valence-electron chi connectivity index (χ2n) is 8.86. The maximum atomic E-state index is 14.2. The topological polar surface area (TPSA) is 61.7 Å². The number of carbonyl (C=O) groups is 1. The molecule has 5 rings (SSSR count). The standard InChI is InChI=1S/C21H24BrClN2O3/c1-3-19-9-6-10-25(27)11-15(22)21(17(19)25)13-7-4-5-8-14(13)24-16(21)20(23,12-19)18(26)28-2/h4-5,7-8,15,17H,3,6,9-12H2,1-2H3/t15-,17+,19+,20-,21-,25?/m1/s1. The van der Waals surface area contributed by atoms with E-state index in [0.717, 1.165) is 30.5 Å². The molecular weight excluding hydrogens is 444 g/mol. The highest BCUT2D eigenvalue weighted by molar-refractivity contribution is 9.09. The first-order valence-electron chi connectivity index (χ1n) is 9.97. The summed E-state index contributed by atoms with van der Waals surface area (Å²) in [5, 5.41) is 14.2. The Hall–Kier alpha value is -0.950. The highest BCUT2D eigenvalue weighted by Gasteiger charge is 2.79. The van der Waals surface area contributed by atoms with Gasteiger partial charge in [0.2, 0.25) is 0 Å². The number of carbonyl (C=O) groups excluding carboxylic acids is 1. The Bertz CT molecular complexity index is 909. The first-order chi connectivity index (χ1) is 13.3. The second-order valence-corrected chi connectivity index (χ2v) is 10.6. The van der Waals surface area contributed by atoms with Gasteiger partial charge in [-0.1, -0.05) is 52.7 Å². The molecule has 3 aliphatic heterocycles. The number of quaternary nitrogens is 1. The molecule has 4 aliphatic rings. The quantitative estimate of drug-likeness (QED) is 0.283. The third-order valence-corrected chi connectivity index (χ3v) is 9.29. The number of benzene rings is 1. The molecule has 1 aliphatic carbocycles. The minimum absolute atomic E-state index is 0.128. The Morgan fingerprint density at radius 1 is 1.46 bits per heavy atom. The van der Waals surface area contributed by atoms with Gasteiger partial charge in [0.15, 0.2) is 4.87 Å². The third-order valence-electron chi connectivity index (χ3n) is 7.81. The lowest BCUT2D eigenvalue weighted by molar-refractivity contribution is -0.908. The van der Waals surface area contributed by atoms with E-state index in [2.05, 4.69) is 28.9 Å². The predicted octanol–water partition coefficient (Wildman–Crippen LogP) is 4.22. The summed E-state index contributed by atoms with van der Waals surface area (Å²) in [5.74, 6) is -0.465. The molecule has 5 nitrogen and oxygen atoms in total. The number of hydroxylamine groups is 3. The van der Waals surface area contributed by atoms with Gasteiger partial charge in [-0.2, -0.15) is 0 Å². The summed E-state index contributed by atoms with van der Waals surface area (Å²) in [6.45, 7) is 3.20. The Kier molecular flexibility index (Phi) is 3.95. The van der Waals surface area contributed by atoms with Gasteiger partial charge in [0, 0.05) is 5.41 Å². The SMILES string of the molecule is CC[C@]12CCC[N+]3([O-])C[C@@H](Br)[C@]4(C(=Nc5ccccc54)[C@@](Cl)(C(=O)OC)C1)[C@H]23. The number of methoxy groups -OCH3 is 1. The van der Waals surface area contributed by atoms with Crippen LogP contribution < -0.4 is 0 Å². The number of hydrogen-bond acceptors (Lipinski definition) is 4. The van der Waals surface area contributed by atoms with Gasteiger partial charge in [0.25, 0.3) is 0 Å². The number of hydrogen-bond donors (Lipinski definition) is 0. The van der Waals surface area contributed by atoms with Gasteiger partial charge in [0.05, 0.1) is 36.4 Å². The fourth-order valence-electron chi connectivity index (χ4n) is 6.95. The van der Waals surface area contributed by atoms with Crippen molar-refractivity contribution < 1.29 is 14.2 Å². The van der Waals surface area contributed by atoms with E-state index in [9.17, 15) is 10.0 Å². The molecular formula is C21H24BrClN2O3. The molecule has 6 atom stereocenters. The Balaban J connectivity index is 1.87. The lowest BCUT2D eigenvalue weighted by Gasteiger charge is -2.63. The maximum absolute atomic E-state index is 14.2. The lowest BCUT2D eigenvalue weighted by atomic mass is 9.50. The van der Waals surface area contributed by atoms with E-state index in [-0.39, 0.29) is 20.9 Å². The van der Waals surface area contributed by atoms with Crippen molar-refractivity contribution in [3.05, 3.63) is 35.0 Å². The van der Waals surface area contributed by atoms with E-state index in [1.807, 2.05) is 18.2 Å². The van der Waals surface area contributed by atoms with E-state index in [1.165, 1.54) is 7.11 Å². The molecule has 0 amide bonds. The van der Waals surface area contributed by atoms with Crippen LogP contribution in [0.15, 0.2) is 29.3 Å².